The molecule has 0 heterocycles. The first-order chi connectivity index (χ1) is 7.46. The van der Waals surface area contributed by atoms with E-state index in [1.165, 1.54) is 18.6 Å². The fourth-order valence-electron chi connectivity index (χ4n) is 0.955. The summed E-state index contributed by atoms with van der Waals surface area (Å²) in [5, 5.41) is 0. The van der Waals surface area contributed by atoms with Crippen LogP contribution >= 0.6 is 12.2 Å². The molecule has 0 aliphatic rings. The van der Waals surface area contributed by atoms with E-state index >= 15 is 0 Å². The van der Waals surface area contributed by atoms with Crippen molar-refractivity contribution in [2.45, 2.75) is 26.1 Å². The number of alkyl halides is 3. The van der Waals surface area contributed by atoms with Crippen LogP contribution in [0, 0.1) is 0 Å². The van der Waals surface area contributed by atoms with E-state index in [0.29, 0.717) is 0 Å². The Morgan fingerprint density at radius 2 is 1.94 bits per heavy atom. The molecule has 0 aromatic carbocycles. The molecular formula is C7H14F3N3O2S2. The van der Waals surface area contributed by atoms with Crippen LogP contribution in [0.2, 0.25) is 0 Å². The third-order valence-electron chi connectivity index (χ3n) is 1.65. The molecular weight excluding hydrogens is 279 g/mol. The minimum Gasteiger partial charge on any atom is -0.392 e. The van der Waals surface area contributed by atoms with Crippen molar-refractivity contribution < 1.29 is 21.6 Å². The van der Waals surface area contributed by atoms with Crippen LogP contribution in [0.5, 0.6) is 0 Å². The van der Waals surface area contributed by atoms with Crippen molar-refractivity contribution in [3.8, 4) is 0 Å². The van der Waals surface area contributed by atoms with E-state index in [1.807, 2.05) is 0 Å². The number of thiocarbonyl (C=S) groups is 1. The minimum absolute atomic E-state index is 0.115. The summed E-state index contributed by atoms with van der Waals surface area (Å²) in [6.45, 7) is 1.08. The van der Waals surface area contributed by atoms with E-state index in [0.717, 1.165) is 4.31 Å². The summed E-state index contributed by atoms with van der Waals surface area (Å²) in [5.41, 5.74) is 5.19. The van der Waals surface area contributed by atoms with E-state index < -0.39 is 29.0 Å². The van der Waals surface area contributed by atoms with Crippen LogP contribution in [0.1, 0.15) is 13.8 Å². The van der Waals surface area contributed by atoms with Gasteiger partial charge in [-0.1, -0.05) is 12.2 Å². The molecule has 0 saturated heterocycles. The maximum atomic E-state index is 11.9. The van der Waals surface area contributed by atoms with Gasteiger partial charge in [-0.25, -0.2) is 0 Å². The first kappa shape index (κ1) is 16.6. The van der Waals surface area contributed by atoms with Gasteiger partial charge in [0.2, 0.25) is 0 Å². The number of hydrogen-bond acceptors (Lipinski definition) is 3. The molecule has 0 radical (unpaired) electrons. The van der Waals surface area contributed by atoms with Gasteiger partial charge in [-0.2, -0.15) is 30.6 Å². The Balaban J connectivity index is 4.79. The molecule has 0 saturated carbocycles. The number of hydrogen-bond donors (Lipinski definition) is 2. The van der Waals surface area contributed by atoms with Gasteiger partial charge in [0.05, 0.1) is 11.5 Å². The largest absolute Gasteiger partial charge is 0.402 e. The Labute approximate surface area is 103 Å². The van der Waals surface area contributed by atoms with Crippen LogP contribution in [0.4, 0.5) is 13.2 Å². The quantitative estimate of drug-likeness (QED) is 0.694. The summed E-state index contributed by atoms with van der Waals surface area (Å²) in [6, 6.07) is -0.553. The van der Waals surface area contributed by atoms with Crippen LogP contribution in [0.25, 0.3) is 0 Å². The van der Waals surface area contributed by atoms with Crippen molar-refractivity contribution in [3.63, 3.8) is 0 Å². The highest BCUT2D eigenvalue weighted by atomic mass is 32.2. The number of nitrogens with two attached hydrogens (primary N) is 1. The van der Waals surface area contributed by atoms with Gasteiger partial charge < -0.3 is 5.73 Å². The van der Waals surface area contributed by atoms with E-state index in [1.54, 1.807) is 0 Å². The van der Waals surface area contributed by atoms with Gasteiger partial charge in [-0.05, 0) is 13.8 Å². The Hall–Kier alpha value is -0.450. The number of nitrogens with one attached hydrogen (secondary N) is 1. The predicted molar refractivity (Wildman–Crippen MR) is 61.6 cm³/mol. The van der Waals surface area contributed by atoms with Crippen LogP contribution < -0.4 is 10.5 Å². The standard InChI is InChI=1S/C7H14F3N3O2S2/c1-5(2)13(3-6(11)16)17(14,15)12-4-7(8,9)10/h5,12H,3-4H2,1-2H3,(H2,11,16). The third-order valence-corrected chi connectivity index (χ3v) is 3.46. The molecule has 0 aliphatic heterocycles. The smallest absolute Gasteiger partial charge is 0.392 e. The SMILES string of the molecule is CC(C)N(CC(N)=S)S(=O)(=O)NCC(F)(F)F. The van der Waals surface area contributed by atoms with Crippen LogP contribution in [0.3, 0.4) is 0 Å². The highest BCUT2D eigenvalue weighted by molar-refractivity contribution is 7.87. The molecule has 10 heteroatoms. The lowest BCUT2D eigenvalue weighted by molar-refractivity contribution is -0.121. The Kier molecular flexibility index (Phi) is 5.78. The second kappa shape index (κ2) is 5.94. The van der Waals surface area contributed by atoms with Crippen molar-refractivity contribution in [2.24, 2.45) is 5.73 Å². The maximum absolute atomic E-state index is 11.9. The average molecular weight is 293 g/mol. The summed E-state index contributed by atoms with van der Waals surface area (Å²) < 4.78 is 61.1. The zero-order valence-electron chi connectivity index (χ0n) is 9.28. The number of rotatable bonds is 6. The van der Waals surface area contributed by atoms with Crippen molar-refractivity contribution in [1.29, 1.82) is 0 Å². The molecule has 0 fully saturated rings. The molecule has 0 aromatic heterocycles. The first-order valence-electron chi connectivity index (χ1n) is 4.57. The molecule has 0 unspecified atom stereocenters. The third kappa shape index (κ3) is 6.76. The van der Waals surface area contributed by atoms with Crippen molar-refractivity contribution >= 4 is 27.4 Å². The minimum atomic E-state index is -4.61. The summed E-state index contributed by atoms with van der Waals surface area (Å²) in [7, 11) is -4.25. The van der Waals surface area contributed by atoms with Gasteiger partial charge >= 0.3 is 6.18 Å². The van der Waals surface area contributed by atoms with Gasteiger partial charge in [0.15, 0.2) is 0 Å². The lowest BCUT2D eigenvalue weighted by Crippen LogP contribution is -2.49. The van der Waals surface area contributed by atoms with E-state index in [-0.39, 0.29) is 11.5 Å². The summed E-state index contributed by atoms with van der Waals surface area (Å²) in [5.74, 6) is 0. The van der Waals surface area contributed by atoms with Crippen LogP contribution in [-0.4, -0.2) is 43.0 Å². The molecule has 0 rings (SSSR count). The van der Waals surface area contributed by atoms with E-state index in [4.69, 9.17) is 5.73 Å². The van der Waals surface area contributed by atoms with Gasteiger partial charge in [0.1, 0.15) is 6.54 Å². The normalized spacial score (nSPS) is 13.4. The summed E-state index contributed by atoms with van der Waals surface area (Å²) in [6.07, 6.45) is -4.61. The molecule has 0 aliphatic carbocycles. The fraction of sp³-hybridized carbons (Fsp3) is 0.857. The lowest BCUT2D eigenvalue weighted by Gasteiger charge is -2.25. The van der Waals surface area contributed by atoms with E-state index in [2.05, 4.69) is 12.2 Å². The monoisotopic (exact) mass is 293 g/mol. The molecule has 0 amide bonds. The van der Waals surface area contributed by atoms with Crippen molar-refractivity contribution in [3.05, 3.63) is 0 Å². The zero-order valence-corrected chi connectivity index (χ0v) is 10.9. The zero-order chi connectivity index (χ0) is 13.9. The summed E-state index contributed by atoms with van der Waals surface area (Å²) >= 11 is 4.54. The van der Waals surface area contributed by atoms with Gasteiger partial charge in [-0.15, -0.1) is 0 Å². The Morgan fingerprint density at radius 1 is 1.47 bits per heavy atom. The second-order valence-electron chi connectivity index (χ2n) is 3.55. The van der Waals surface area contributed by atoms with Crippen LogP contribution in [0.15, 0.2) is 0 Å². The molecule has 102 valence electrons. The molecule has 3 N–H and O–H groups in total. The molecule has 0 aromatic rings. The van der Waals surface area contributed by atoms with Gasteiger partial charge in [0, 0.05) is 6.04 Å². The summed E-state index contributed by atoms with van der Waals surface area (Å²) in [4.78, 5) is -0.115. The van der Waals surface area contributed by atoms with Crippen molar-refractivity contribution in [2.75, 3.05) is 13.1 Å². The predicted octanol–water partition coefficient (Wildman–Crippen LogP) is 0.380. The fourth-order valence-corrected chi connectivity index (χ4v) is 2.55. The molecule has 5 nitrogen and oxygen atoms in total. The first-order valence-corrected chi connectivity index (χ1v) is 6.42. The van der Waals surface area contributed by atoms with Crippen LogP contribution in [-0.2, 0) is 10.2 Å². The molecule has 0 atom stereocenters. The van der Waals surface area contributed by atoms with E-state index in [9.17, 15) is 21.6 Å². The number of nitrogens with zero attached hydrogens (tertiary/aromatic N) is 1. The Morgan fingerprint density at radius 3 is 2.24 bits per heavy atom. The molecule has 0 bridgehead atoms. The lowest BCUT2D eigenvalue weighted by atomic mass is 10.4. The highest BCUT2D eigenvalue weighted by Crippen LogP contribution is 2.14. The average Bonchev–Trinajstić information content (AvgIpc) is 2.09. The molecule has 0 spiro atoms. The maximum Gasteiger partial charge on any atom is 0.402 e. The van der Waals surface area contributed by atoms with Gasteiger partial charge in [0.25, 0.3) is 10.2 Å². The van der Waals surface area contributed by atoms with Crippen molar-refractivity contribution in [1.82, 2.24) is 9.03 Å². The Bertz CT molecular complexity index is 367. The second-order valence-corrected chi connectivity index (χ2v) is 5.78. The number of halogens is 3. The van der Waals surface area contributed by atoms with Gasteiger partial charge in [-0.3, -0.25) is 0 Å². The highest BCUT2D eigenvalue weighted by Gasteiger charge is 2.32. The molecule has 17 heavy (non-hydrogen) atoms. The topological polar surface area (TPSA) is 75.4 Å².